The molecule has 106 valence electrons. The summed E-state index contributed by atoms with van der Waals surface area (Å²) in [5.74, 6) is 0. The second-order valence-electron chi connectivity index (χ2n) is 5.19. The number of nitrogens with zero attached hydrogens (tertiary/aromatic N) is 3. The average molecular weight is 263 g/mol. The van der Waals surface area contributed by atoms with Gasteiger partial charge in [-0.25, -0.2) is 0 Å². The molecule has 0 amide bonds. The van der Waals surface area contributed by atoms with Crippen LogP contribution in [0.4, 0.5) is 5.69 Å². The lowest BCUT2D eigenvalue weighted by atomic mass is 10.2. The fourth-order valence-corrected chi connectivity index (χ4v) is 2.54. The smallest absolute Gasteiger partial charge is 0.0957 e. The Bertz CT molecular complexity index is 371. The molecule has 4 heteroatoms. The molecule has 1 aliphatic heterocycles. The topological polar surface area (TPSA) is 39.6 Å². The van der Waals surface area contributed by atoms with Crippen LogP contribution in [0.3, 0.4) is 0 Å². The van der Waals surface area contributed by atoms with E-state index in [1.165, 1.54) is 18.7 Å². The van der Waals surface area contributed by atoms with Crippen molar-refractivity contribution in [1.82, 2.24) is 9.88 Å². The second-order valence-corrected chi connectivity index (χ2v) is 5.19. The van der Waals surface area contributed by atoms with E-state index < -0.39 is 6.10 Å². The lowest BCUT2D eigenvalue weighted by Crippen LogP contribution is -2.46. The third kappa shape index (κ3) is 3.67. The van der Waals surface area contributed by atoms with Crippen LogP contribution in [0.5, 0.6) is 0 Å². The predicted molar refractivity (Wildman–Crippen MR) is 78.4 cm³/mol. The van der Waals surface area contributed by atoms with E-state index in [-0.39, 0.29) is 0 Å². The summed E-state index contributed by atoms with van der Waals surface area (Å²) >= 11 is 0. The maximum absolute atomic E-state index is 9.74. The van der Waals surface area contributed by atoms with Crippen molar-refractivity contribution in [3.8, 4) is 0 Å². The maximum Gasteiger partial charge on any atom is 0.0957 e. The van der Waals surface area contributed by atoms with Crippen molar-refractivity contribution in [2.75, 3.05) is 37.6 Å². The fraction of sp³-hybridized carbons (Fsp3) is 0.667. The van der Waals surface area contributed by atoms with Crippen molar-refractivity contribution >= 4 is 5.69 Å². The third-order valence-electron chi connectivity index (χ3n) is 3.78. The van der Waals surface area contributed by atoms with E-state index in [4.69, 9.17) is 0 Å². The Hall–Kier alpha value is -1.13. The number of aromatic nitrogens is 1. The first-order valence-electron chi connectivity index (χ1n) is 7.36. The normalized spacial score (nSPS) is 18.6. The van der Waals surface area contributed by atoms with E-state index in [2.05, 4.69) is 27.8 Å². The Labute approximate surface area is 116 Å². The number of hydrogen-bond acceptors (Lipinski definition) is 4. The molecule has 1 aliphatic rings. The van der Waals surface area contributed by atoms with E-state index in [1.54, 1.807) is 0 Å². The number of piperazine rings is 1. The minimum absolute atomic E-state index is 0.435. The van der Waals surface area contributed by atoms with Crippen molar-refractivity contribution in [2.24, 2.45) is 0 Å². The molecule has 1 aromatic heterocycles. The van der Waals surface area contributed by atoms with Crippen molar-refractivity contribution in [3.63, 3.8) is 0 Å². The molecule has 0 spiro atoms. The Balaban J connectivity index is 1.92. The SMILES string of the molecule is CCCN1CCN(c2ccc(C(O)CC)nc2)CC1. The van der Waals surface area contributed by atoms with Gasteiger partial charge in [-0.1, -0.05) is 13.8 Å². The molecule has 1 aromatic rings. The Morgan fingerprint density at radius 2 is 1.95 bits per heavy atom. The van der Waals surface area contributed by atoms with Crippen LogP contribution in [0, 0.1) is 0 Å². The Morgan fingerprint density at radius 3 is 2.47 bits per heavy atom. The van der Waals surface area contributed by atoms with Crippen LogP contribution < -0.4 is 4.90 Å². The van der Waals surface area contributed by atoms with Crippen LogP contribution in [0.25, 0.3) is 0 Å². The van der Waals surface area contributed by atoms with Crippen LogP contribution in [0.1, 0.15) is 38.5 Å². The first kappa shape index (κ1) is 14.3. The van der Waals surface area contributed by atoms with Gasteiger partial charge in [0.15, 0.2) is 0 Å². The Morgan fingerprint density at radius 1 is 1.21 bits per heavy atom. The van der Waals surface area contributed by atoms with Gasteiger partial charge in [0, 0.05) is 26.2 Å². The van der Waals surface area contributed by atoms with Crippen molar-refractivity contribution in [1.29, 1.82) is 0 Å². The van der Waals surface area contributed by atoms with Crippen molar-refractivity contribution in [3.05, 3.63) is 24.0 Å². The molecule has 1 fully saturated rings. The molecular weight excluding hydrogens is 238 g/mol. The van der Waals surface area contributed by atoms with Crippen LogP contribution in [-0.2, 0) is 0 Å². The Kier molecular flexibility index (Phi) is 5.16. The van der Waals surface area contributed by atoms with E-state index in [0.29, 0.717) is 6.42 Å². The zero-order valence-corrected chi connectivity index (χ0v) is 12.0. The summed E-state index contributed by atoms with van der Waals surface area (Å²) in [7, 11) is 0. The summed E-state index contributed by atoms with van der Waals surface area (Å²) in [6.45, 7) is 9.80. The highest BCUT2D eigenvalue weighted by Gasteiger charge is 2.17. The minimum Gasteiger partial charge on any atom is -0.387 e. The quantitative estimate of drug-likeness (QED) is 0.882. The number of hydrogen-bond donors (Lipinski definition) is 1. The molecule has 2 heterocycles. The fourth-order valence-electron chi connectivity index (χ4n) is 2.54. The molecule has 2 rings (SSSR count). The van der Waals surface area contributed by atoms with Gasteiger partial charge in [0.25, 0.3) is 0 Å². The summed E-state index contributed by atoms with van der Waals surface area (Å²) in [5, 5.41) is 9.74. The molecule has 1 unspecified atom stereocenters. The van der Waals surface area contributed by atoms with Gasteiger partial charge >= 0.3 is 0 Å². The minimum atomic E-state index is -0.435. The zero-order valence-electron chi connectivity index (χ0n) is 12.0. The van der Waals surface area contributed by atoms with Gasteiger partial charge in [-0.15, -0.1) is 0 Å². The van der Waals surface area contributed by atoms with Gasteiger partial charge in [-0.05, 0) is 31.5 Å². The standard InChI is InChI=1S/C15H25N3O/c1-3-7-17-8-10-18(11-9-17)13-5-6-14(16-12-13)15(19)4-2/h5-6,12,15,19H,3-4,7-11H2,1-2H3. The van der Waals surface area contributed by atoms with Gasteiger partial charge in [0.1, 0.15) is 0 Å². The number of aliphatic hydroxyl groups is 1. The first-order chi connectivity index (χ1) is 9.24. The van der Waals surface area contributed by atoms with Gasteiger partial charge in [-0.2, -0.15) is 0 Å². The molecule has 4 nitrogen and oxygen atoms in total. The average Bonchev–Trinajstić information content (AvgIpc) is 2.48. The van der Waals surface area contributed by atoms with E-state index in [1.807, 2.05) is 19.2 Å². The molecule has 19 heavy (non-hydrogen) atoms. The summed E-state index contributed by atoms with van der Waals surface area (Å²) in [6, 6.07) is 4.03. The number of aliphatic hydroxyl groups excluding tert-OH is 1. The molecule has 0 saturated carbocycles. The molecular formula is C15H25N3O. The van der Waals surface area contributed by atoms with E-state index in [9.17, 15) is 5.11 Å². The maximum atomic E-state index is 9.74. The van der Waals surface area contributed by atoms with Gasteiger partial charge in [0.05, 0.1) is 23.7 Å². The van der Waals surface area contributed by atoms with Crippen LogP contribution >= 0.6 is 0 Å². The summed E-state index contributed by atoms with van der Waals surface area (Å²) in [6.07, 6.45) is 3.40. The van der Waals surface area contributed by atoms with Gasteiger partial charge in [-0.3, -0.25) is 9.88 Å². The van der Waals surface area contributed by atoms with Crippen LogP contribution in [-0.4, -0.2) is 47.7 Å². The first-order valence-corrected chi connectivity index (χ1v) is 7.36. The van der Waals surface area contributed by atoms with Gasteiger partial charge < -0.3 is 10.0 Å². The molecule has 1 N–H and O–H groups in total. The second kappa shape index (κ2) is 6.87. The van der Waals surface area contributed by atoms with E-state index >= 15 is 0 Å². The van der Waals surface area contributed by atoms with Crippen molar-refractivity contribution < 1.29 is 5.11 Å². The highest BCUT2D eigenvalue weighted by atomic mass is 16.3. The molecule has 0 aromatic carbocycles. The lowest BCUT2D eigenvalue weighted by molar-refractivity contribution is 0.169. The lowest BCUT2D eigenvalue weighted by Gasteiger charge is -2.35. The zero-order chi connectivity index (χ0) is 13.7. The predicted octanol–water partition coefficient (Wildman–Crippen LogP) is 2.06. The number of anilines is 1. The highest BCUT2D eigenvalue weighted by molar-refractivity contribution is 5.45. The summed E-state index contributed by atoms with van der Waals surface area (Å²) in [5.41, 5.74) is 1.94. The largest absolute Gasteiger partial charge is 0.387 e. The van der Waals surface area contributed by atoms with Crippen molar-refractivity contribution in [2.45, 2.75) is 32.8 Å². The van der Waals surface area contributed by atoms with E-state index in [0.717, 1.165) is 31.9 Å². The monoisotopic (exact) mass is 263 g/mol. The van der Waals surface area contributed by atoms with Crippen LogP contribution in [0.15, 0.2) is 18.3 Å². The highest BCUT2D eigenvalue weighted by Crippen LogP contribution is 2.19. The summed E-state index contributed by atoms with van der Waals surface area (Å²) < 4.78 is 0. The third-order valence-corrected chi connectivity index (χ3v) is 3.78. The molecule has 0 bridgehead atoms. The number of rotatable bonds is 5. The molecule has 1 atom stereocenters. The summed E-state index contributed by atoms with van der Waals surface area (Å²) in [4.78, 5) is 9.26. The number of pyridine rings is 1. The molecule has 0 radical (unpaired) electrons. The van der Waals surface area contributed by atoms with Gasteiger partial charge in [0.2, 0.25) is 0 Å². The van der Waals surface area contributed by atoms with Crippen LogP contribution in [0.2, 0.25) is 0 Å². The molecule has 1 saturated heterocycles. The molecule has 0 aliphatic carbocycles.